The van der Waals surface area contributed by atoms with E-state index in [0.717, 1.165) is 19.4 Å². The standard InChI is InChI=1S/C21H23N3O4S/c1-27-17-9-7-14(8-10-17)20(26)24-21(29)23-16-5-2-4-15(12-16)19(25)22-13-18-6-3-11-28-18/h2,4-5,7-10,12,18H,3,6,11,13H2,1H3,(H,22,25)(H2,23,24,26,29)/t18-/m0/s1. The maximum absolute atomic E-state index is 12.3. The van der Waals surface area contributed by atoms with Crippen LogP contribution in [0.3, 0.4) is 0 Å². The fraction of sp³-hybridized carbons (Fsp3) is 0.286. The Hall–Kier alpha value is -2.97. The first-order valence-corrected chi connectivity index (χ1v) is 9.72. The van der Waals surface area contributed by atoms with Crippen LogP contribution in [0.2, 0.25) is 0 Å². The maximum Gasteiger partial charge on any atom is 0.257 e. The predicted molar refractivity (Wildman–Crippen MR) is 114 cm³/mol. The number of rotatable bonds is 6. The summed E-state index contributed by atoms with van der Waals surface area (Å²) in [6.07, 6.45) is 2.07. The number of thiocarbonyl (C=S) groups is 1. The van der Waals surface area contributed by atoms with Gasteiger partial charge in [-0.1, -0.05) is 6.07 Å². The molecule has 3 N–H and O–H groups in total. The topological polar surface area (TPSA) is 88.7 Å². The number of carbonyl (C=O) groups is 2. The molecule has 0 spiro atoms. The second-order valence-corrected chi connectivity index (χ2v) is 6.97. The highest BCUT2D eigenvalue weighted by Gasteiger charge is 2.17. The number of anilines is 1. The first kappa shape index (κ1) is 20.8. The lowest BCUT2D eigenvalue weighted by atomic mass is 10.1. The molecule has 0 saturated carbocycles. The quantitative estimate of drug-likeness (QED) is 0.631. The van der Waals surface area contributed by atoms with Crippen LogP contribution in [0.15, 0.2) is 48.5 Å². The molecule has 1 atom stereocenters. The monoisotopic (exact) mass is 413 g/mol. The number of hydrogen-bond donors (Lipinski definition) is 3. The van der Waals surface area contributed by atoms with Gasteiger partial charge in [0.05, 0.1) is 13.2 Å². The molecular weight excluding hydrogens is 390 g/mol. The van der Waals surface area contributed by atoms with Gasteiger partial charge in [0.15, 0.2) is 5.11 Å². The van der Waals surface area contributed by atoms with Gasteiger partial charge in [0, 0.05) is 30.0 Å². The van der Waals surface area contributed by atoms with Crippen molar-refractivity contribution in [2.75, 3.05) is 25.6 Å². The van der Waals surface area contributed by atoms with Crippen molar-refractivity contribution in [3.63, 3.8) is 0 Å². The Morgan fingerprint density at radius 1 is 1.14 bits per heavy atom. The number of methoxy groups -OCH3 is 1. The molecule has 29 heavy (non-hydrogen) atoms. The summed E-state index contributed by atoms with van der Waals surface area (Å²) in [4.78, 5) is 24.6. The predicted octanol–water partition coefficient (Wildman–Crippen LogP) is 2.73. The van der Waals surface area contributed by atoms with Crippen LogP contribution in [0.1, 0.15) is 33.6 Å². The zero-order valence-electron chi connectivity index (χ0n) is 16.1. The molecular formula is C21H23N3O4S. The van der Waals surface area contributed by atoms with Gasteiger partial charge < -0.3 is 20.1 Å². The van der Waals surface area contributed by atoms with E-state index in [1.54, 1.807) is 55.6 Å². The van der Waals surface area contributed by atoms with Crippen LogP contribution < -0.4 is 20.7 Å². The van der Waals surface area contributed by atoms with Crippen molar-refractivity contribution in [1.29, 1.82) is 0 Å². The second-order valence-electron chi connectivity index (χ2n) is 6.56. The van der Waals surface area contributed by atoms with Gasteiger partial charge in [-0.25, -0.2) is 0 Å². The normalized spacial score (nSPS) is 15.4. The zero-order valence-corrected chi connectivity index (χ0v) is 16.9. The van der Waals surface area contributed by atoms with Gasteiger partial charge in [-0.15, -0.1) is 0 Å². The summed E-state index contributed by atoms with van der Waals surface area (Å²) in [5.41, 5.74) is 1.56. The van der Waals surface area contributed by atoms with E-state index in [0.29, 0.717) is 29.1 Å². The number of carbonyl (C=O) groups excluding carboxylic acids is 2. The molecule has 1 heterocycles. The van der Waals surface area contributed by atoms with Crippen molar-refractivity contribution in [1.82, 2.24) is 10.6 Å². The molecule has 2 aromatic rings. The van der Waals surface area contributed by atoms with E-state index in [1.165, 1.54) is 0 Å². The summed E-state index contributed by atoms with van der Waals surface area (Å²) in [6.45, 7) is 1.24. The van der Waals surface area contributed by atoms with E-state index in [9.17, 15) is 9.59 Å². The minimum atomic E-state index is -0.337. The number of amides is 2. The van der Waals surface area contributed by atoms with E-state index in [-0.39, 0.29) is 23.0 Å². The van der Waals surface area contributed by atoms with Gasteiger partial charge in [0.2, 0.25) is 0 Å². The third kappa shape index (κ3) is 6.00. The van der Waals surface area contributed by atoms with E-state index in [4.69, 9.17) is 21.7 Å². The smallest absolute Gasteiger partial charge is 0.257 e. The summed E-state index contributed by atoms with van der Waals surface area (Å²) in [7, 11) is 1.56. The van der Waals surface area contributed by atoms with Crippen molar-refractivity contribution in [2.24, 2.45) is 0 Å². The molecule has 0 unspecified atom stereocenters. The van der Waals surface area contributed by atoms with Gasteiger partial charge in [-0.05, 0) is 67.5 Å². The third-order valence-corrected chi connectivity index (χ3v) is 4.68. The lowest BCUT2D eigenvalue weighted by Crippen LogP contribution is -2.34. The molecule has 2 aromatic carbocycles. The molecule has 0 bridgehead atoms. The van der Waals surface area contributed by atoms with Crippen LogP contribution in [0.25, 0.3) is 0 Å². The molecule has 7 nitrogen and oxygen atoms in total. The summed E-state index contributed by atoms with van der Waals surface area (Å²) in [5.74, 6) is 0.143. The van der Waals surface area contributed by atoms with Crippen molar-refractivity contribution in [3.05, 3.63) is 59.7 Å². The molecule has 1 aliphatic rings. The Labute approximate surface area is 174 Å². The number of benzene rings is 2. The molecule has 152 valence electrons. The van der Waals surface area contributed by atoms with Gasteiger partial charge in [0.25, 0.3) is 11.8 Å². The molecule has 1 saturated heterocycles. The Morgan fingerprint density at radius 3 is 2.62 bits per heavy atom. The summed E-state index contributed by atoms with van der Waals surface area (Å²) in [5, 5.41) is 8.57. The Bertz CT molecular complexity index is 880. The van der Waals surface area contributed by atoms with E-state index < -0.39 is 0 Å². The zero-order chi connectivity index (χ0) is 20.6. The first-order valence-electron chi connectivity index (χ1n) is 9.31. The van der Waals surface area contributed by atoms with E-state index >= 15 is 0 Å². The highest BCUT2D eigenvalue weighted by molar-refractivity contribution is 7.80. The first-order chi connectivity index (χ1) is 14.0. The van der Waals surface area contributed by atoms with Gasteiger partial charge >= 0.3 is 0 Å². The molecule has 0 aliphatic carbocycles. The van der Waals surface area contributed by atoms with Gasteiger partial charge in [-0.3, -0.25) is 14.9 Å². The van der Waals surface area contributed by atoms with Crippen molar-refractivity contribution in [3.8, 4) is 5.75 Å². The summed E-state index contributed by atoms with van der Waals surface area (Å²) < 4.78 is 10.6. The third-order valence-electron chi connectivity index (χ3n) is 4.48. The fourth-order valence-electron chi connectivity index (χ4n) is 2.93. The van der Waals surface area contributed by atoms with E-state index in [1.807, 2.05) is 0 Å². The Morgan fingerprint density at radius 2 is 1.93 bits per heavy atom. The summed E-state index contributed by atoms with van der Waals surface area (Å²) >= 11 is 5.21. The number of ether oxygens (including phenoxy) is 2. The molecule has 3 rings (SSSR count). The van der Waals surface area contributed by atoms with Crippen LogP contribution in [0.5, 0.6) is 5.75 Å². The molecule has 1 aliphatic heterocycles. The molecule has 8 heteroatoms. The van der Waals surface area contributed by atoms with Crippen LogP contribution in [0.4, 0.5) is 5.69 Å². The van der Waals surface area contributed by atoms with Crippen LogP contribution in [-0.2, 0) is 4.74 Å². The Kier molecular flexibility index (Phi) is 7.15. The highest BCUT2D eigenvalue weighted by atomic mass is 32.1. The number of nitrogens with one attached hydrogen (secondary N) is 3. The number of hydrogen-bond acceptors (Lipinski definition) is 5. The summed E-state index contributed by atoms with van der Waals surface area (Å²) in [6, 6.07) is 13.6. The van der Waals surface area contributed by atoms with Crippen molar-refractivity contribution >= 4 is 34.8 Å². The maximum atomic E-state index is 12.3. The molecule has 2 amide bonds. The minimum absolute atomic E-state index is 0.0843. The molecule has 1 fully saturated rings. The fourth-order valence-corrected chi connectivity index (χ4v) is 3.14. The SMILES string of the molecule is COc1ccc(C(=O)NC(=S)Nc2cccc(C(=O)NC[C@@H]3CCCO3)c2)cc1. The average molecular weight is 413 g/mol. The Balaban J connectivity index is 1.53. The molecule has 0 aromatic heterocycles. The van der Waals surface area contributed by atoms with Gasteiger partial charge in [-0.2, -0.15) is 0 Å². The minimum Gasteiger partial charge on any atom is -0.497 e. The van der Waals surface area contributed by atoms with Crippen molar-refractivity contribution < 1.29 is 19.1 Å². The van der Waals surface area contributed by atoms with Crippen LogP contribution in [0, 0.1) is 0 Å². The van der Waals surface area contributed by atoms with Gasteiger partial charge in [0.1, 0.15) is 5.75 Å². The second kappa shape index (κ2) is 9.99. The van der Waals surface area contributed by atoms with Crippen molar-refractivity contribution in [2.45, 2.75) is 18.9 Å². The average Bonchev–Trinajstić information content (AvgIpc) is 3.26. The van der Waals surface area contributed by atoms with Crippen LogP contribution in [-0.4, -0.2) is 43.3 Å². The molecule has 0 radical (unpaired) electrons. The lowest BCUT2D eigenvalue weighted by Gasteiger charge is -2.13. The largest absolute Gasteiger partial charge is 0.497 e. The highest BCUT2D eigenvalue weighted by Crippen LogP contribution is 2.14. The van der Waals surface area contributed by atoms with Crippen LogP contribution >= 0.6 is 12.2 Å². The lowest BCUT2D eigenvalue weighted by molar-refractivity contribution is 0.0857. The van der Waals surface area contributed by atoms with E-state index in [2.05, 4.69) is 16.0 Å².